The van der Waals surface area contributed by atoms with E-state index in [2.05, 4.69) is 0 Å². The predicted octanol–water partition coefficient (Wildman–Crippen LogP) is -1.25. The molecule has 74 valence electrons. The zero-order chi connectivity index (χ0) is 9.99. The molecule has 0 aliphatic rings. The van der Waals surface area contributed by atoms with Crippen LogP contribution in [-0.2, 0) is 19.7 Å². The van der Waals surface area contributed by atoms with Gasteiger partial charge in [0.2, 0.25) is 0 Å². The molecule has 0 unspecified atom stereocenters. The maximum absolute atomic E-state index is 10.9. The molecule has 0 saturated heterocycles. The quantitative estimate of drug-likeness (QED) is 0.632. The van der Waals surface area contributed by atoms with Crippen LogP contribution in [0.25, 0.3) is 0 Å². The van der Waals surface area contributed by atoms with E-state index in [9.17, 15) is 16.8 Å². The highest BCUT2D eigenvalue weighted by molar-refractivity contribution is 8.08. The molecule has 0 atom stereocenters. The summed E-state index contributed by atoms with van der Waals surface area (Å²) in [5.41, 5.74) is 5.09. The molecule has 0 aromatic rings. The molecule has 0 aromatic heterocycles. The maximum atomic E-state index is 10.9. The lowest BCUT2D eigenvalue weighted by molar-refractivity contribution is 0.576. The second-order valence-corrected chi connectivity index (χ2v) is 7.42. The standard InChI is InChI=1S/C5H13NO4S2/c1-11(7,8)5(3-4-6)12(2,9)10/h5H,3-4,6H2,1-2H3. The van der Waals surface area contributed by atoms with Gasteiger partial charge in [-0.25, -0.2) is 16.8 Å². The van der Waals surface area contributed by atoms with Gasteiger partial charge >= 0.3 is 0 Å². The first-order valence-electron chi connectivity index (χ1n) is 3.27. The van der Waals surface area contributed by atoms with Crippen molar-refractivity contribution >= 4 is 19.7 Å². The van der Waals surface area contributed by atoms with Gasteiger partial charge < -0.3 is 5.73 Å². The normalized spacial score (nSPS) is 13.7. The summed E-state index contributed by atoms with van der Waals surface area (Å²) in [5.74, 6) is 0. The fraction of sp³-hybridized carbons (Fsp3) is 1.00. The van der Waals surface area contributed by atoms with E-state index < -0.39 is 24.3 Å². The molecular formula is C5H13NO4S2. The van der Waals surface area contributed by atoms with Gasteiger partial charge in [0.25, 0.3) is 0 Å². The molecule has 0 bridgehead atoms. The number of hydrogen-bond acceptors (Lipinski definition) is 5. The smallest absolute Gasteiger partial charge is 0.164 e. The molecule has 2 N–H and O–H groups in total. The third kappa shape index (κ3) is 3.51. The van der Waals surface area contributed by atoms with Gasteiger partial charge in [-0.05, 0) is 13.0 Å². The molecule has 12 heavy (non-hydrogen) atoms. The van der Waals surface area contributed by atoms with E-state index in [0.717, 1.165) is 12.5 Å². The molecule has 0 saturated carbocycles. The predicted molar refractivity (Wildman–Crippen MR) is 47.1 cm³/mol. The Kier molecular flexibility index (Phi) is 3.67. The van der Waals surface area contributed by atoms with Crippen LogP contribution in [0.1, 0.15) is 6.42 Å². The summed E-state index contributed by atoms with van der Waals surface area (Å²) in [7, 11) is -7.11. The average molecular weight is 215 g/mol. The molecule has 5 nitrogen and oxygen atoms in total. The van der Waals surface area contributed by atoms with E-state index in [1.54, 1.807) is 0 Å². The SMILES string of the molecule is CS(=O)(=O)C(CCN)S(C)(=O)=O. The molecule has 0 fully saturated rings. The summed E-state index contributed by atoms with van der Waals surface area (Å²) in [6.07, 6.45) is 1.75. The van der Waals surface area contributed by atoms with Gasteiger partial charge in [0.1, 0.15) is 0 Å². The number of rotatable bonds is 4. The third-order valence-corrected chi connectivity index (χ3v) is 5.84. The highest BCUT2D eigenvalue weighted by atomic mass is 32.3. The van der Waals surface area contributed by atoms with Crippen molar-refractivity contribution in [3.05, 3.63) is 0 Å². The largest absolute Gasteiger partial charge is 0.330 e. The molecule has 0 rings (SSSR count). The van der Waals surface area contributed by atoms with Gasteiger partial charge in [-0.2, -0.15) is 0 Å². The van der Waals surface area contributed by atoms with Crippen molar-refractivity contribution in [3.8, 4) is 0 Å². The van der Waals surface area contributed by atoms with Crippen LogP contribution in [0, 0.1) is 0 Å². The van der Waals surface area contributed by atoms with Gasteiger partial charge in [-0.15, -0.1) is 0 Å². The first kappa shape index (κ1) is 11.9. The van der Waals surface area contributed by atoms with Crippen molar-refractivity contribution in [2.75, 3.05) is 19.1 Å². The van der Waals surface area contributed by atoms with Gasteiger partial charge in [0.05, 0.1) is 0 Å². The van der Waals surface area contributed by atoms with E-state index in [4.69, 9.17) is 5.73 Å². The Labute approximate surface area is 72.8 Å². The van der Waals surface area contributed by atoms with Crippen LogP contribution in [0.2, 0.25) is 0 Å². The second kappa shape index (κ2) is 3.71. The van der Waals surface area contributed by atoms with E-state index in [1.807, 2.05) is 0 Å². The van der Waals surface area contributed by atoms with E-state index in [1.165, 1.54) is 0 Å². The highest BCUT2D eigenvalue weighted by Crippen LogP contribution is 2.10. The Morgan fingerprint density at radius 2 is 1.42 bits per heavy atom. The van der Waals surface area contributed by atoms with Crippen LogP contribution < -0.4 is 5.73 Å². The molecular weight excluding hydrogens is 202 g/mol. The first-order valence-corrected chi connectivity index (χ1v) is 7.18. The second-order valence-electron chi connectivity index (χ2n) is 2.67. The Balaban J connectivity index is 4.97. The number of hydrogen-bond donors (Lipinski definition) is 1. The fourth-order valence-corrected chi connectivity index (χ4v) is 4.55. The zero-order valence-corrected chi connectivity index (χ0v) is 8.65. The Bertz CT molecular complexity index is 296. The third-order valence-electron chi connectivity index (χ3n) is 1.36. The molecule has 0 aliphatic carbocycles. The van der Waals surface area contributed by atoms with E-state index in [-0.39, 0.29) is 13.0 Å². The minimum Gasteiger partial charge on any atom is -0.330 e. The number of nitrogens with two attached hydrogens (primary N) is 1. The van der Waals surface area contributed by atoms with Crippen LogP contribution in [-0.4, -0.2) is 40.5 Å². The molecule has 0 aromatic carbocycles. The topological polar surface area (TPSA) is 94.3 Å². The van der Waals surface area contributed by atoms with Crippen molar-refractivity contribution in [3.63, 3.8) is 0 Å². The molecule has 0 spiro atoms. The summed E-state index contributed by atoms with van der Waals surface area (Å²) in [6, 6.07) is 0. The van der Waals surface area contributed by atoms with Crippen LogP contribution in [0.15, 0.2) is 0 Å². The molecule has 0 heterocycles. The molecule has 0 radical (unpaired) electrons. The summed E-state index contributed by atoms with van der Waals surface area (Å²) in [4.78, 5) is 0. The minimum atomic E-state index is -3.55. The van der Waals surface area contributed by atoms with E-state index >= 15 is 0 Å². The Hall–Kier alpha value is -0.140. The van der Waals surface area contributed by atoms with Crippen molar-refractivity contribution < 1.29 is 16.8 Å². The van der Waals surface area contributed by atoms with Crippen LogP contribution in [0.4, 0.5) is 0 Å². The van der Waals surface area contributed by atoms with Gasteiger partial charge in [0.15, 0.2) is 24.3 Å². The van der Waals surface area contributed by atoms with Crippen molar-refractivity contribution in [1.29, 1.82) is 0 Å². The number of sulfone groups is 2. The molecule has 0 amide bonds. The fourth-order valence-electron chi connectivity index (χ4n) is 0.882. The lowest BCUT2D eigenvalue weighted by Crippen LogP contribution is -2.31. The minimum absolute atomic E-state index is 0.0440. The molecule has 0 aliphatic heterocycles. The monoisotopic (exact) mass is 215 g/mol. The maximum Gasteiger partial charge on any atom is 0.164 e. The molecule has 7 heteroatoms. The summed E-state index contributed by atoms with van der Waals surface area (Å²) in [6.45, 7) is 0.0464. The van der Waals surface area contributed by atoms with Crippen LogP contribution >= 0.6 is 0 Å². The van der Waals surface area contributed by atoms with Gasteiger partial charge in [-0.3, -0.25) is 0 Å². The first-order chi connectivity index (χ1) is 5.19. The van der Waals surface area contributed by atoms with Crippen LogP contribution in [0.5, 0.6) is 0 Å². The Morgan fingerprint density at radius 1 is 1.08 bits per heavy atom. The van der Waals surface area contributed by atoms with Crippen molar-refractivity contribution in [2.24, 2.45) is 5.73 Å². The highest BCUT2D eigenvalue weighted by Gasteiger charge is 2.29. The van der Waals surface area contributed by atoms with Crippen LogP contribution in [0.3, 0.4) is 0 Å². The summed E-state index contributed by atoms with van der Waals surface area (Å²) < 4.78 is 42.4. The van der Waals surface area contributed by atoms with Gasteiger partial charge in [-0.1, -0.05) is 0 Å². The zero-order valence-electron chi connectivity index (χ0n) is 7.02. The van der Waals surface area contributed by atoms with Crippen molar-refractivity contribution in [1.82, 2.24) is 0 Å². The Morgan fingerprint density at radius 3 is 1.50 bits per heavy atom. The summed E-state index contributed by atoms with van der Waals surface area (Å²) >= 11 is 0. The summed E-state index contributed by atoms with van der Waals surface area (Å²) in [5, 5.41) is 0. The van der Waals surface area contributed by atoms with E-state index in [0.29, 0.717) is 0 Å². The average Bonchev–Trinajstić information content (AvgIpc) is 1.77. The lowest BCUT2D eigenvalue weighted by Gasteiger charge is -2.10. The lowest BCUT2D eigenvalue weighted by atomic mass is 10.5. The van der Waals surface area contributed by atoms with Gasteiger partial charge in [0, 0.05) is 12.5 Å². The van der Waals surface area contributed by atoms with Crippen molar-refractivity contribution in [2.45, 2.75) is 11.0 Å².